The van der Waals surface area contributed by atoms with Crippen LogP contribution in [0.25, 0.3) is 0 Å². The Morgan fingerprint density at radius 3 is 1.95 bits per heavy atom. The fourth-order valence-electron chi connectivity index (χ4n) is 2.11. The molecule has 0 aliphatic carbocycles. The van der Waals surface area contributed by atoms with E-state index in [1.165, 1.54) is 0 Å². The van der Waals surface area contributed by atoms with Gasteiger partial charge in [0.1, 0.15) is 5.75 Å². The molecule has 0 bridgehead atoms. The van der Waals surface area contributed by atoms with Gasteiger partial charge in [0, 0.05) is 18.4 Å². The lowest BCUT2D eigenvalue weighted by Crippen LogP contribution is -2.09. The molecule has 0 saturated carbocycles. The first-order valence-electron chi connectivity index (χ1n) is 6.81. The smallest absolute Gasteiger partial charge is 0.119 e. The van der Waals surface area contributed by atoms with Crippen LogP contribution in [-0.4, -0.2) is 19.3 Å². The lowest BCUT2D eigenvalue weighted by Gasteiger charge is -2.20. The summed E-state index contributed by atoms with van der Waals surface area (Å²) >= 11 is 0. The van der Waals surface area contributed by atoms with Gasteiger partial charge < -0.3 is 14.7 Å². The average Bonchev–Trinajstić information content (AvgIpc) is 2.53. The van der Waals surface area contributed by atoms with Crippen molar-refractivity contribution in [2.45, 2.75) is 19.4 Å². The van der Waals surface area contributed by atoms with E-state index in [-0.39, 0.29) is 6.10 Å². The highest BCUT2D eigenvalue weighted by Crippen LogP contribution is 2.27. The Kier molecular flexibility index (Phi) is 4.64. The van der Waals surface area contributed by atoms with Crippen LogP contribution in [-0.2, 0) is 0 Å². The van der Waals surface area contributed by atoms with Crippen molar-refractivity contribution in [3.8, 4) is 5.75 Å². The second-order valence-corrected chi connectivity index (χ2v) is 4.77. The molecule has 2 aromatic carbocycles. The van der Waals surface area contributed by atoms with E-state index in [9.17, 15) is 5.11 Å². The van der Waals surface area contributed by atoms with E-state index in [1.807, 2.05) is 62.5 Å². The summed E-state index contributed by atoms with van der Waals surface area (Å²) in [6, 6.07) is 15.9. The van der Waals surface area contributed by atoms with Gasteiger partial charge in [0.25, 0.3) is 0 Å². The highest BCUT2D eigenvalue weighted by molar-refractivity contribution is 5.63. The number of methoxy groups -OCH3 is 1. The van der Waals surface area contributed by atoms with Crippen LogP contribution in [0.1, 0.15) is 25.0 Å². The number of rotatable bonds is 5. The van der Waals surface area contributed by atoms with Crippen molar-refractivity contribution in [3.05, 3.63) is 54.1 Å². The molecule has 1 N–H and O–H groups in total. The van der Waals surface area contributed by atoms with Crippen LogP contribution in [0.4, 0.5) is 11.4 Å². The first-order valence-corrected chi connectivity index (χ1v) is 6.81. The van der Waals surface area contributed by atoms with Gasteiger partial charge in [-0.05, 0) is 48.4 Å². The molecule has 0 aromatic heterocycles. The number of aliphatic hydroxyl groups is 1. The molecule has 2 rings (SSSR count). The third-order valence-electron chi connectivity index (χ3n) is 3.51. The van der Waals surface area contributed by atoms with E-state index in [4.69, 9.17) is 4.74 Å². The summed E-state index contributed by atoms with van der Waals surface area (Å²) in [6.07, 6.45) is 0.351. The fraction of sp³-hybridized carbons (Fsp3) is 0.294. The topological polar surface area (TPSA) is 32.7 Å². The molecule has 2 aromatic rings. The Morgan fingerprint density at radius 2 is 1.50 bits per heavy atom. The van der Waals surface area contributed by atoms with E-state index < -0.39 is 0 Å². The van der Waals surface area contributed by atoms with Gasteiger partial charge in [0.2, 0.25) is 0 Å². The van der Waals surface area contributed by atoms with E-state index in [1.54, 1.807) is 7.11 Å². The Labute approximate surface area is 120 Å². The molecule has 106 valence electrons. The van der Waals surface area contributed by atoms with Gasteiger partial charge in [-0.2, -0.15) is 0 Å². The zero-order valence-electron chi connectivity index (χ0n) is 12.2. The third kappa shape index (κ3) is 3.11. The number of hydrogen-bond acceptors (Lipinski definition) is 3. The molecular weight excluding hydrogens is 250 g/mol. The summed E-state index contributed by atoms with van der Waals surface area (Å²) in [4.78, 5) is 2.10. The number of anilines is 2. The molecule has 0 saturated heterocycles. The van der Waals surface area contributed by atoms with E-state index in [0.717, 1.165) is 29.1 Å². The minimum Gasteiger partial charge on any atom is -0.497 e. The zero-order valence-corrected chi connectivity index (χ0v) is 12.2. The number of hydrogen-bond donors (Lipinski definition) is 1. The Balaban J connectivity index is 2.17. The first-order chi connectivity index (χ1) is 9.65. The van der Waals surface area contributed by atoms with E-state index in [2.05, 4.69) is 4.90 Å². The Morgan fingerprint density at radius 1 is 1.00 bits per heavy atom. The van der Waals surface area contributed by atoms with Crippen LogP contribution in [0.5, 0.6) is 5.75 Å². The van der Waals surface area contributed by atoms with E-state index in [0.29, 0.717) is 0 Å². The van der Waals surface area contributed by atoms with Crippen LogP contribution < -0.4 is 9.64 Å². The molecule has 0 spiro atoms. The van der Waals surface area contributed by atoms with Crippen molar-refractivity contribution in [1.29, 1.82) is 0 Å². The second-order valence-electron chi connectivity index (χ2n) is 4.77. The summed E-state index contributed by atoms with van der Waals surface area (Å²) in [6.45, 7) is 1.97. The predicted molar refractivity (Wildman–Crippen MR) is 82.7 cm³/mol. The highest BCUT2D eigenvalue weighted by atomic mass is 16.5. The number of aliphatic hydroxyl groups excluding tert-OH is 1. The fourth-order valence-corrected chi connectivity index (χ4v) is 2.11. The second kappa shape index (κ2) is 6.44. The van der Waals surface area contributed by atoms with Crippen molar-refractivity contribution < 1.29 is 9.84 Å². The Hall–Kier alpha value is -2.00. The van der Waals surface area contributed by atoms with Crippen LogP contribution in [0.15, 0.2) is 48.5 Å². The van der Waals surface area contributed by atoms with Crippen molar-refractivity contribution in [2.75, 3.05) is 19.1 Å². The van der Waals surface area contributed by atoms with Crippen molar-refractivity contribution >= 4 is 11.4 Å². The maximum Gasteiger partial charge on any atom is 0.119 e. The van der Waals surface area contributed by atoms with Crippen LogP contribution >= 0.6 is 0 Å². The van der Waals surface area contributed by atoms with Gasteiger partial charge in [-0.1, -0.05) is 19.1 Å². The first kappa shape index (κ1) is 14.4. The minimum atomic E-state index is -0.379. The van der Waals surface area contributed by atoms with Gasteiger partial charge in [-0.25, -0.2) is 0 Å². The van der Waals surface area contributed by atoms with Gasteiger partial charge in [-0.15, -0.1) is 0 Å². The number of nitrogens with zero attached hydrogens (tertiary/aromatic N) is 1. The van der Waals surface area contributed by atoms with Crippen LogP contribution in [0.2, 0.25) is 0 Å². The summed E-state index contributed by atoms with van der Waals surface area (Å²) in [5.74, 6) is 0.851. The Bertz CT molecular complexity index is 534. The van der Waals surface area contributed by atoms with Crippen LogP contribution in [0, 0.1) is 0 Å². The summed E-state index contributed by atoms with van der Waals surface area (Å²) in [5, 5.41) is 9.81. The SMILES string of the molecule is CC[C@@H](O)c1ccc(N(C)c2ccc(OC)cc2)cc1. The molecule has 0 unspecified atom stereocenters. The van der Waals surface area contributed by atoms with Crippen molar-refractivity contribution in [2.24, 2.45) is 0 Å². The molecule has 3 heteroatoms. The average molecular weight is 271 g/mol. The minimum absolute atomic E-state index is 0.379. The maximum atomic E-state index is 9.81. The molecule has 1 atom stereocenters. The standard InChI is InChI=1S/C17H21NO2/c1-4-17(19)13-5-7-14(8-6-13)18(2)15-9-11-16(20-3)12-10-15/h5-12,17,19H,4H2,1-3H3/t17-/m1/s1. The van der Waals surface area contributed by atoms with Gasteiger partial charge >= 0.3 is 0 Å². The molecule has 0 radical (unpaired) electrons. The lowest BCUT2D eigenvalue weighted by molar-refractivity contribution is 0.173. The zero-order chi connectivity index (χ0) is 14.5. The molecule has 0 heterocycles. The summed E-state index contributed by atoms with van der Waals surface area (Å²) in [5.41, 5.74) is 3.14. The van der Waals surface area contributed by atoms with E-state index >= 15 is 0 Å². The molecule has 3 nitrogen and oxygen atoms in total. The van der Waals surface area contributed by atoms with Gasteiger partial charge in [0.15, 0.2) is 0 Å². The molecule has 0 aliphatic heterocycles. The third-order valence-corrected chi connectivity index (χ3v) is 3.51. The highest BCUT2D eigenvalue weighted by Gasteiger charge is 2.07. The molecule has 20 heavy (non-hydrogen) atoms. The molecule has 0 aliphatic rings. The molecule has 0 fully saturated rings. The quantitative estimate of drug-likeness (QED) is 0.895. The largest absolute Gasteiger partial charge is 0.497 e. The molecular formula is C17H21NO2. The monoisotopic (exact) mass is 271 g/mol. The van der Waals surface area contributed by atoms with Crippen molar-refractivity contribution in [3.63, 3.8) is 0 Å². The maximum absolute atomic E-state index is 9.81. The van der Waals surface area contributed by atoms with Gasteiger partial charge in [-0.3, -0.25) is 0 Å². The molecule has 0 amide bonds. The predicted octanol–water partition coefficient (Wildman–Crippen LogP) is 3.91. The van der Waals surface area contributed by atoms with Crippen LogP contribution in [0.3, 0.4) is 0 Å². The number of benzene rings is 2. The van der Waals surface area contributed by atoms with Crippen molar-refractivity contribution in [1.82, 2.24) is 0 Å². The number of ether oxygens (including phenoxy) is 1. The normalized spacial score (nSPS) is 12.0. The summed E-state index contributed by atoms with van der Waals surface area (Å²) in [7, 11) is 3.68. The summed E-state index contributed by atoms with van der Waals surface area (Å²) < 4.78 is 5.16. The van der Waals surface area contributed by atoms with Gasteiger partial charge in [0.05, 0.1) is 13.2 Å². The lowest BCUT2D eigenvalue weighted by atomic mass is 10.1.